The van der Waals surface area contributed by atoms with Crippen molar-refractivity contribution in [2.75, 3.05) is 0 Å². The summed E-state index contributed by atoms with van der Waals surface area (Å²) in [6.07, 6.45) is 1.89. The molecule has 11 aromatic rings. The minimum atomic E-state index is -0.358. The van der Waals surface area contributed by atoms with Crippen LogP contribution in [0.5, 0.6) is 5.75 Å². The number of fused-ring (bicyclic) bond motifs is 4. The first-order valence-corrected chi connectivity index (χ1v) is 25.9. The monoisotopic (exact) mass is 1160 g/mol. The number of imidazole rings is 1. The second-order valence-electron chi connectivity index (χ2n) is 23.6. The topological polar surface area (TPSA) is 64.1 Å². The summed E-state index contributed by atoms with van der Waals surface area (Å²) in [5.41, 5.74) is 17.4. The van der Waals surface area contributed by atoms with Crippen LogP contribution in [0, 0.1) is 6.07 Å². The summed E-state index contributed by atoms with van der Waals surface area (Å²) in [5, 5.41) is 14.6. The van der Waals surface area contributed by atoms with E-state index in [2.05, 4.69) is 251 Å². The Labute approximate surface area is 456 Å². The molecule has 6 heteroatoms. The summed E-state index contributed by atoms with van der Waals surface area (Å²) in [6.45, 7) is 24.5. The molecule has 8 aromatic carbocycles. The van der Waals surface area contributed by atoms with Crippen LogP contribution in [0.25, 0.3) is 94.7 Å². The van der Waals surface area contributed by atoms with E-state index in [9.17, 15) is 5.11 Å². The Balaban J connectivity index is 0.00000641. The van der Waals surface area contributed by atoms with Gasteiger partial charge in [0, 0.05) is 49.5 Å². The van der Waals surface area contributed by atoms with Crippen molar-refractivity contribution in [2.45, 2.75) is 97.8 Å². The first-order valence-electron chi connectivity index (χ1n) is 25.9. The third-order valence-electron chi connectivity index (χ3n) is 15.0. The number of hydrogen-bond donors (Lipinski definition) is 1. The van der Waals surface area contributed by atoms with E-state index in [1.807, 2.05) is 18.3 Å². The molecule has 0 atom stereocenters. The van der Waals surface area contributed by atoms with E-state index >= 15 is 0 Å². The molecule has 1 N–H and O–H groups in total. The molecule has 0 amide bonds. The fraction of sp³-hybridized carbons (Fsp3) is 0.217. The third kappa shape index (κ3) is 9.35. The van der Waals surface area contributed by atoms with Crippen molar-refractivity contribution in [3.63, 3.8) is 0 Å². The van der Waals surface area contributed by atoms with Gasteiger partial charge >= 0.3 is 0 Å². The zero-order chi connectivity index (χ0) is 51.9. The van der Waals surface area contributed by atoms with Gasteiger partial charge in [0.15, 0.2) is 0 Å². The number of rotatable bonds is 8. The average Bonchev–Trinajstić information content (AvgIpc) is 3.97. The second-order valence-corrected chi connectivity index (χ2v) is 23.6. The Morgan fingerprint density at radius 2 is 1.15 bits per heavy atom. The molecule has 75 heavy (non-hydrogen) atoms. The molecule has 11 rings (SSSR count). The van der Waals surface area contributed by atoms with Crippen molar-refractivity contribution < 1.29 is 30.6 Å². The zero-order valence-electron chi connectivity index (χ0n) is 44.8. The van der Waals surface area contributed by atoms with Gasteiger partial charge in [0.05, 0.1) is 27.9 Å². The number of aromatic hydroxyl groups is 1. The minimum absolute atomic E-state index is 0. The number of benzene rings is 8. The molecule has 0 spiro atoms. The molecule has 378 valence electrons. The Hall–Kier alpha value is -7.33. The van der Waals surface area contributed by atoms with Gasteiger partial charge in [-0.15, -0.1) is 11.6 Å². The Morgan fingerprint density at radius 3 is 1.84 bits per heavy atom. The summed E-state index contributed by atoms with van der Waals surface area (Å²) in [6, 6.07) is 66.2. The fourth-order valence-corrected chi connectivity index (χ4v) is 10.6. The molecule has 0 fully saturated rings. The molecule has 0 radical (unpaired) electrons. The number of pyridine rings is 1. The van der Waals surface area contributed by atoms with Crippen molar-refractivity contribution in [3.05, 3.63) is 216 Å². The molecule has 0 aliphatic rings. The molecule has 3 aromatic heterocycles. The first-order chi connectivity index (χ1) is 35.3. The number of aromatic nitrogens is 3. The molecular weight excluding hydrogens is 1100 g/mol. The first kappa shape index (κ1) is 51.2. The summed E-state index contributed by atoms with van der Waals surface area (Å²) in [7, 11) is 0. The second kappa shape index (κ2) is 19.1. The van der Waals surface area contributed by atoms with Crippen LogP contribution in [0.4, 0.5) is 0 Å². The van der Waals surface area contributed by atoms with Crippen LogP contribution >= 0.6 is 0 Å². The maximum atomic E-state index is 12.7. The van der Waals surface area contributed by atoms with Gasteiger partial charge in [0.2, 0.25) is 0 Å². The normalized spacial score (nSPS) is 12.4. The molecule has 0 aliphatic heterocycles. The molecule has 5 nitrogen and oxygen atoms in total. The molecule has 0 saturated carbocycles. The van der Waals surface area contributed by atoms with Crippen LogP contribution in [0.15, 0.2) is 187 Å². The Kier molecular flexibility index (Phi) is 13.0. The predicted octanol–water partition coefficient (Wildman–Crippen LogP) is 18.4. The van der Waals surface area contributed by atoms with Gasteiger partial charge < -0.3 is 9.52 Å². The van der Waals surface area contributed by atoms with Crippen LogP contribution in [0.3, 0.4) is 0 Å². The van der Waals surface area contributed by atoms with E-state index in [4.69, 9.17) is 14.4 Å². The van der Waals surface area contributed by atoms with E-state index in [-0.39, 0.29) is 48.5 Å². The van der Waals surface area contributed by atoms with E-state index in [1.54, 1.807) is 0 Å². The van der Waals surface area contributed by atoms with Crippen molar-refractivity contribution in [1.82, 2.24) is 14.5 Å². The molecule has 0 unspecified atom stereocenters. The van der Waals surface area contributed by atoms with Crippen LogP contribution in [-0.4, -0.2) is 19.6 Å². The fourth-order valence-electron chi connectivity index (χ4n) is 10.6. The van der Waals surface area contributed by atoms with Gasteiger partial charge in [0.25, 0.3) is 0 Å². The number of phenolic OH excluding ortho intramolecular Hbond substituents is 1. The number of para-hydroxylation sites is 2. The van der Waals surface area contributed by atoms with Crippen molar-refractivity contribution in [1.29, 1.82) is 0 Å². The minimum Gasteiger partial charge on any atom is -0.507 e. The standard InChI is InChI=1S/C69H64N3O2.Pt/c1-66(2,3)49-33-34-58(53(40-49)44-21-14-12-15-22-44)72-59-27-20-26-51(63(59)71-65(72)55-41-50(67(4,5)6)42-56(64(55)73)68(7,8)9)54-37-46(39-61-62(54)52-25-18-19-28-60(52)74-61)57-38-45(35-36-70-57)43-29-31-48(32-30-43)69(10,11)47-23-16-13-17-24-47;/h12-36,38-42,73H,1-11H3;/q-1;. The summed E-state index contributed by atoms with van der Waals surface area (Å²) >= 11 is 0. The Bertz CT molecular complexity index is 3920. The van der Waals surface area contributed by atoms with Crippen LogP contribution in [0.2, 0.25) is 0 Å². The maximum Gasteiger partial charge on any atom is 0.148 e. The smallest absolute Gasteiger partial charge is 0.148 e. The van der Waals surface area contributed by atoms with Crippen LogP contribution in [-0.2, 0) is 42.7 Å². The van der Waals surface area contributed by atoms with E-state index < -0.39 is 0 Å². The third-order valence-corrected chi connectivity index (χ3v) is 15.0. The van der Waals surface area contributed by atoms with Gasteiger partial charge in [-0.05, 0) is 102 Å². The van der Waals surface area contributed by atoms with Crippen LogP contribution in [0.1, 0.15) is 104 Å². The predicted molar refractivity (Wildman–Crippen MR) is 308 cm³/mol. The molecule has 3 heterocycles. The number of nitrogens with zero attached hydrogens (tertiary/aromatic N) is 3. The van der Waals surface area contributed by atoms with Crippen molar-refractivity contribution in [2.24, 2.45) is 0 Å². The molecule has 0 saturated heterocycles. The van der Waals surface area contributed by atoms with Gasteiger partial charge in [-0.1, -0.05) is 227 Å². The van der Waals surface area contributed by atoms with E-state index in [1.165, 1.54) is 16.7 Å². The van der Waals surface area contributed by atoms with Crippen LogP contribution < -0.4 is 0 Å². The summed E-state index contributed by atoms with van der Waals surface area (Å²) < 4.78 is 9.03. The van der Waals surface area contributed by atoms with Gasteiger partial charge in [0.1, 0.15) is 17.2 Å². The average molecular weight is 1160 g/mol. The SMILES string of the molecule is CC(C)(C)c1ccc(-n2c(-c3cc(C(C)(C)C)cc(C(C)(C)C)c3O)nc3c(-c4[c-]c(-c5cc(-c6ccc(C(C)(C)c7ccccc7)cc6)ccn5)cc5oc6ccccc6c45)cccc32)c(-c2ccccc2)c1.[Pt]. The molecule has 0 bridgehead atoms. The van der Waals surface area contributed by atoms with Crippen molar-refractivity contribution in [3.8, 4) is 67.5 Å². The quantitative estimate of drug-likeness (QED) is 0.154. The maximum absolute atomic E-state index is 12.7. The number of furan rings is 1. The van der Waals surface area contributed by atoms with E-state index in [0.29, 0.717) is 11.4 Å². The van der Waals surface area contributed by atoms with Gasteiger partial charge in [-0.25, -0.2) is 4.98 Å². The number of phenols is 1. The van der Waals surface area contributed by atoms with Gasteiger partial charge in [-0.2, -0.15) is 0 Å². The largest absolute Gasteiger partial charge is 0.507 e. The zero-order valence-corrected chi connectivity index (χ0v) is 47.1. The van der Waals surface area contributed by atoms with Crippen molar-refractivity contribution >= 4 is 33.0 Å². The molecule has 0 aliphatic carbocycles. The van der Waals surface area contributed by atoms with E-state index in [0.717, 1.165) is 94.4 Å². The summed E-state index contributed by atoms with van der Waals surface area (Å²) in [5.74, 6) is 0.882. The van der Waals surface area contributed by atoms with Gasteiger partial charge in [-0.3, -0.25) is 9.55 Å². The molecular formula is C69H64N3O2Pt-. The Morgan fingerprint density at radius 1 is 0.507 bits per heavy atom. The number of hydrogen-bond acceptors (Lipinski definition) is 4. The summed E-state index contributed by atoms with van der Waals surface area (Å²) in [4.78, 5) is 10.8.